The van der Waals surface area contributed by atoms with Gasteiger partial charge in [-0.15, -0.1) is 10.2 Å². The number of hydrogen-bond donors (Lipinski definition) is 3. The van der Waals surface area contributed by atoms with Crippen LogP contribution in [0.2, 0.25) is 0 Å². The maximum atomic E-state index is 12.9. The molecule has 2 aromatic heterocycles. The van der Waals surface area contributed by atoms with Crippen molar-refractivity contribution in [3.8, 4) is 11.5 Å². The van der Waals surface area contributed by atoms with Gasteiger partial charge in [0.25, 0.3) is 11.8 Å². The Balaban J connectivity index is 1.29. The van der Waals surface area contributed by atoms with Crippen LogP contribution in [0.3, 0.4) is 0 Å². The van der Waals surface area contributed by atoms with E-state index in [-0.39, 0.29) is 28.9 Å². The fourth-order valence-electron chi connectivity index (χ4n) is 4.57. The van der Waals surface area contributed by atoms with Crippen LogP contribution < -0.4 is 21.3 Å². The van der Waals surface area contributed by atoms with Gasteiger partial charge in [0.05, 0.1) is 6.20 Å². The van der Waals surface area contributed by atoms with Crippen LogP contribution in [0.4, 0.5) is 17.5 Å². The highest BCUT2D eigenvalue weighted by Gasteiger charge is 2.26. The van der Waals surface area contributed by atoms with Gasteiger partial charge in [-0.1, -0.05) is 32.9 Å². The van der Waals surface area contributed by atoms with Crippen molar-refractivity contribution in [3.05, 3.63) is 77.8 Å². The first-order valence-corrected chi connectivity index (χ1v) is 13.2. The lowest BCUT2D eigenvalue weighted by Gasteiger charge is -2.33. The smallest absolute Gasteiger partial charge is 0.273 e. The Morgan fingerprint density at radius 3 is 2.45 bits per heavy atom. The summed E-state index contributed by atoms with van der Waals surface area (Å²) in [7, 11) is 0. The molecule has 4 N–H and O–H groups in total. The van der Waals surface area contributed by atoms with Gasteiger partial charge >= 0.3 is 0 Å². The third-order valence-corrected chi connectivity index (χ3v) is 6.79. The van der Waals surface area contributed by atoms with Gasteiger partial charge < -0.3 is 25.7 Å². The number of nitrogens with zero attached hydrogens (tertiary/aromatic N) is 5. The first-order chi connectivity index (χ1) is 19.2. The van der Waals surface area contributed by atoms with Gasteiger partial charge in [-0.25, -0.2) is 4.98 Å². The summed E-state index contributed by atoms with van der Waals surface area (Å²) in [5, 5.41) is 14.5. The van der Waals surface area contributed by atoms with Gasteiger partial charge in [-0.3, -0.25) is 9.59 Å². The van der Waals surface area contributed by atoms with E-state index in [1.165, 1.54) is 11.8 Å². The molecule has 1 fully saturated rings. The lowest BCUT2D eigenvalue weighted by atomic mass is 9.86. The van der Waals surface area contributed by atoms with Gasteiger partial charge in [0.1, 0.15) is 6.26 Å². The van der Waals surface area contributed by atoms with Crippen LogP contribution in [0, 0.1) is 0 Å². The number of carbonyl (C=O) groups is 2. The molecule has 0 aliphatic carbocycles. The Morgan fingerprint density at radius 1 is 1.05 bits per heavy atom. The number of amides is 2. The summed E-state index contributed by atoms with van der Waals surface area (Å²) in [5.41, 5.74) is 8.77. The van der Waals surface area contributed by atoms with E-state index < -0.39 is 5.91 Å². The van der Waals surface area contributed by atoms with E-state index in [9.17, 15) is 9.59 Å². The quantitative estimate of drug-likeness (QED) is 0.315. The summed E-state index contributed by atoms with van der Waals surface area (Å²) in [5.74, 6) is 0.186. The van der Waals surface area contributed by atoms with E-state index in [4.69, 9.17) is 10.2 Å². The number of primary amides is 1. The molecule has 4 aromatic rings. The maximum absolute atomic E-state index is 12.9. The minimum atomic E-state index is -0.744. The van der Waals surface area contributed by atoms with Crippen LogP contribution in [0.25, 0.3) is 11.5 Å². The van der Waals surface area contributed by atoms with Crippen LogP contribution in [-0.4, -0.2) is 51.1 Å². The lowest BCUT2D eigenvalue weighted by molar-refractivity contribution is 0.0931. The fraction of sp³-hybridized carbons (Fsp3) is 0.310. The summed E-state index contributed by atoms with van der Waals surface area (Å²) in [4.78, 5) is 35.7. The molecule has 1 atom stereocenters. The molecular weight excluding hydrogens is 508 g/mol. The predicted molar refractivity (Wildman–Crippen MR) is 151 cm³/mol. The van der Waals surface area contributed by atoms with Gasteiger partial charge in [0, 0.05) is 35.9 Å². The van der Waals surface area contributed by atoms with Crippen molar-refractivity contribution in [2.75, 3.05) is 23.3 Å². The van der Waals surface area contributed by atoms with E-state index in [0.29, 0.717) is 36.2 Å². The second-order valence-corrected chi connectivity index (χ2v) is 10.8. The van der Waals surface area contributed by atoms with E-state index in [1.54, 1.807) is 6.20 Å². The highest BCUT2D eigenvalue weighted by molar-refractivity contribution is 5.96. The summed E-state index contributed by atoms with van der Waals surface area (Å²) in [6.07, 6.45) is 4.75. The van der Waals surface area contributed by atoms with Crippen LogP contribution in [0.15, 0.2) is 65.4 Å². The summed E-state index contributed by atoms with van der Waals surface area (Å²) in [6, 6.07) is 14.9. The number of piperidine rings is 1. The van der Waals surface area contributed by atoms with Gasteiger partial charge in [-0.2, -0.15) is 4.98 Å². The molecule has 2 aromatic carbocycles. The van der Waals surface area contributed by atoms with Crippen molar-refractivity contribution in [1.29, 1.82) is 0 Å². The molecule has 0 bridgehead atoms. The van der Waals surface area contributed by atoms with E-state index in [1.807, 2.05) is 53.4 Å². The molecule has 1 aliphatic heterocycles. The minimum Gasteiger partial charge on any atom is -0.445 e. The van der Waals surface area contributed by atoms with Crippen LogP contribution in [-0.2, 0) is 5.41 Å². The van der Waals surface area contributed by atoms with Crippen molar-refractivity contribution in [2.45, 2.75) is 45.1 Å². The first kappa shape index (κ1) is 26.8. The number of nitrogens with two attached hydrogens (primary N) is 1. The molecule has 11 heteroatoms. The Bertz CT molecular complexity index is 1480. The number of carbonyl (C=O) groups excluding carboxylic acids is 2. The molecule has 5 rings (SSSR count). The standard InChI is InChI=1S/C29H32N8O3/c1-29(2,3)20-10-6-18(7-11-20)26(39)33-22-5-4-15-37(17-22)28-34-25(23(24(30)38)35-36-28)32-21-12-8-19(9-13-21)27-31-14-16-40-27/h6-14,16,22H,4-5,15,17H2,1-3H3,(H2,30,38)(H,33,39)(H,32,34,36). The number of oxazole rings is 1. The Kier molecular flexibility index (Phi) is 7.45. The second kappa shape index (κ2) is 11.1. The second-order valence-electron chi connectivity index (χ2n) is 10.8. The normalized spacial score (nSPS) is 15.5. The molecule has 11 nitrogen and oxygen atoms in total. The lowest BCUT2D eigenvalue weighted by Crippen LogP contribution is -2.48. The zero-order chi connectivity index (χ0) is 28.3. The van der Waals surface area contributed by atoms with Gasteiger partial charge in [0.15, 0.2) is 11.5 Å². The fourth-order valence-corrected chi connectivity index (χ4v) is 4.57. The van der Waals surface area contributed by atoms with E-state index in [2.05, 4.69) is 51.6 Å². The third-order valence-electron chi connectivity index (χ3n) is 6.79. The Labute approximate surface area is 232 Å². The highest BCUT2D eigenvalue weighted by Crippen LogP contribution is 2.25. The molecule has 0 radical (unpaired) electrons. The minimum absolute atomic E-state index is 0.0194. The van der Waals surface area contributed by atoms with Crippen molar-refractivity contribution in [3.63, 3.8) is 0 Å². The number of aromatic nitrogens is 4. The molecule has 3 heterocycles. The molecular formula is C29H32N8O3. The molecule has 1 unspecified atom stereocenters. The van der Waals surface area contributed by atoms with Gasteiger partial charge in [0.2, 0.25) is 11.8 Å². The average molecular weight is 541 g/mol. The third kappa shape index (κ3) is 6.09. The molecule has 0 spiro atoms. The number of benzene rings is 2. The van der Waals surface area contributed by atoms with Crippen LogP contribution in [0.1, 0.15) is 60.0 Å². The number of rotatable bonds is 7. The van der Waals surface area contributed by atoms with Crippen molar-refractivity contribution < 1.29 is 14.0 Å². The SMILES string of the molecule is CC(C)(C)c1ccc(C(=O)NC2CCCN(c3nnc(C(N)=O)c(Nc4ccc(-c5ncco5)cc4)n3)C2)cc1. The topological polar surface area (TPSA) is 152 Å². The zero-order valence-corrected chi connectivity index (χ0v) is 22.7. The largest absolute Gasteiger partial charge is 0.445 e. The molecule has 1 aliphatic rings. The summed E-state index contributed by atoms with van der Waals surface area (Å²) >= 11 is 0. The summed E-state index contributed by atoms with van der Waals surface area (Å²) < 4.78 is 5.33. The van der Waals surface area contributed by atoms with Crippen LogP contribution >= 0.6 is 0 Å². The van der Waals surface area contributed by atoms with Crippen molar-refractivity contribution in [1.82, 2.24) is 25.5 Å². The van der Waals surface area contributed by atoms with Crippen molar-refractivity contribution in [2.24, 2.45) is 5.73 Å². The average Bonchev–Trinajstić information content (AvgIpc) is 3.48. The van der Waals surface area contributed by atoms with Crippen LogP contribution in [0.5, 0.6) is 0 Å². The molecule has 40 heavy (non-hydrogen) atoms. The monoisotopic (exact) mass is 540 g/mol. The zero-order valence-electron chi connectivity index (χ0n) is 22.7. The molecule has 2 amide bonds. The molecule has 206 valence electrons. The first-order valence-electron chi connectivity index (χ1n) is 13.2. The van der Waals surface area contributed by atoms with Crippen molar-refractivity contribution >= 4 is 29.3 Å². The molecule has 1 saturated heterocycles. The van der Waals surface area contributed by atoms with Gasteiger partial charge in [-0.05, 0) is 60.2 Å². The highest BCUT2D eigenvalue weighted by atomic mass is 16.3. The Hall–Kier alpha value is -4.80. The number of hydrogen-bond acceptors (Lipinski definition) is 9. The number of anilines is 3. The Morgan fingerprint density at radius 2 is 1.80 bits per heavy atom. The molecule has 0 saturated carbocycles. The maximum Gasteiger partial charge on any atom is 0.273 e. The summed E-state index contributed by atoms with van der Waals surface area (Å²) in [6.45, 7) is 7.62. The number of nitrogens with one attached hydrogen (secondary N) is 2. The van der Waals surface area contributed by atoms with E-state index in [0.717, 1.165) is 18.4 Å². The van der Waals surface area contributed by atoms with E-state index >= 15 is 0 Å². The predicted octanol–water partition coefficient (Wildman–Crippen LogP) is 4.07.